The van der Waals surface area contributed by atoms with Gasteiger partial charge in [-0.1, -0.05) is 12.1 Å². The van der Waals surface area contributed by atoms with Crippen molar-refractivity contribution in [2.24, 2.45) is 5.92 Å². The van der Waals surface area contributed by atoms with Crippen molar-refractivity contribution in [3.05, 3.63) is 54.3 Å². The summed E-state index contributed by atoms with van der Waals surface area (Å²) < 4.78 is 19.2. The van der Waals surface area contributed by atoms with Crippen molar-refractivity contribution in [3.8, 4) is 5.75 Å². The highest BCUT2D eigenvalue weighted by atomic mass is 19.1. The van der Waals surface area contributed by atoms with Crippen LogP contribution < -0.4 is 15.0 Å². The number of halogens is 1. The maximum Gasteiger partial charge on any atom is 0.316 e. The van der Waals surface area contributed by atoms with Gasteiger partial charge >= 0.3 is 5.97 Å². The van der Waals surface area contributed by atoms with E-state index < -0.39 is 17.7 Å². The predicted molar refractivity (Wildman–Crippen MR) is 93.2 cm³/mol. The highest BCUT2D eigenvalue weighted by molar-refractivity contribution is 5.99. The van der Waals surface area contributed by atoms with Gasteiger partial charge < -0.3 is 15.0 Å². The minimum absolute atomic E-state index is 0.0306. The van der Waals surface area contributed by atoms with Crippen molar-refractivity contribution >= 4 is 29.2 Å². The molecular formula is C19H17FN2O4. The summed E-state index contributed by atoms with van der Waals surface area (Å²) in [5.74, 6) is -1.95. The summed E-state index contributed by atoms with van der Waals surface area (Å²) in [5, 5.41) is 2.61. The zero-order valence-electron chi connectivity index (χ0n) is 14.1. The summed E-state index contributed by atoms with van der Waals surface area (Å²) in [7, 11) is 0. The molecule has 2 amide bonds. The number of nitrogens with zero attached hydrogens (tertiary/aromatic N) is 1. The summed E-state index contributed by atoms with van der Waals surface area (Å²) in [6.45, 7) is 1.47. The smallest absolute Gasteiger partial charge is 0.316 e. The quantitative estimate of drug-likeness (QED) is 0.675. The van der Waals surface area contributed by atoms with Crippen LogP contribution in [0.2, 0.25) is 0 Å². The Labute approximate surface area is 149 Å². The number of esters is 1. The molecule has 0 bridgehead atoms. The highest BCUT2D eigenvalue weighted by Gasteiger charge is 2.37. The molecule has 0 aromatic heterocycles. The first-order valence-corrected chi connectivity index (χ1v) is 8.08. The fourth-order valence-electron chi connectivity index (χ4n) is 2.78. The minimum atomic E-state index is -0.669. The number of rotatable bonds is 4. The van der Waals surface area contributed by atoms with Crippen molar-refractivity contribution < 1.29 is 23.5 Å². The number of hydrogen-bond acceptors (Lipinski definition) is 4. The van der Waals surface area contributed by atoms with Crippen molar-refractivity contribution in [1.29, 1.82) is 0 Å². The van der Waals surface area contributed by atoms with E-state index in [0.29, 0.717) is 11.4 Å². The lowest BCUT2D eigenvalue weighted by molar-refractivity contribution is -0.139. The number of para-hydroxylation sites is 1. The third-order valence-electron chi connectivity index (χ3n) is 3.99. The number of anilines is 2. The van der Waals surface area contributed by atoms with E-state index in [0.717, 1.165) is 0 Å². The fraction of sp³-hybridized carbons (Fsp3) is 0.211. The van der Waals surface area contributed by atoms with Crippen molar-refractivity contribution in [2.75, 3.05) is 16.8 Å². The van der Waals surface area contributed by atoms with Crippen LogP contribution in [0.5, 0.6) is 5.75 Å². The molecule has 1 aliphatic rings. The molecule has 2 aromatic rings. The molecule has 1 N–H and O–H groups in total. The van der Waals surface area contributed by atoms with Crippen LogP contribution in [0.15, 0.2) is 48.5 Å². The van der Waals surface area contributed by atoms with Crippen molar-refractivity contribution in [3.63, 3.8) is 0 Å². The monoisotopic (exact) mass is 356 g/mol. The molecular weight excluding hydrogens is 339 g/mol. The number of amides is 2. The average Bonchev–Trinajstić information content (AvgIpc) is 2.98. The molecule has 0 radical (unpaired) electrons. The van der Waals surface area contributed by atoms with Gasteiger partial charge in [-0.2, -0.15) is 0 Å². The molecule has 0 aliphatic carbocycles. The van der Waals surface area contributed by atoms with E-state index in [-0.39, 0.29) is 30.5 Å². The van der Waals surface area contributed by atoms with Gasteiger partial charge in [0, 0.05) is 25.6 Å². The van der Waals surface area contributed by atoms with Gasteiger partial charge in [-0.3, -0.25) is 14.4 Å². The first-order valence-electron chi connectivity index (χ1n) is 8.08. The molecule has 1 saturated heterocycles. The normalized spacial score (nSPS) is 16.5. The third kappa shape index (κ3) is 3.88. The average molecular weight is 356 g/mol. The molecule has 0 saturated carbocycles. The molecule has 3 rings (SSSR count). The second-order valence-corrected chi connectivity index (χ2v) is 5.98. The van der Waals surface area contributed by atoms with Gasteiger partial charge in [0.1, 0.15) is 11.6 Å². The summed E-state index contributed by atoms with van der Waals surface area (Å²) in [5.41, 5.74) is 0.742. The number of carbonyl (C=O) groups is 3. The molecule has 7 heteroatoms. The molecule has 1 heterocycles. The third-order valence-corrected chi connectivity index (χ3v) is 3.99. The van der Waals surface area contributed by atoms with E-state index in [2.05, 4.69) is 5.32 Å². The van der Waals surface area contributed by atoms with Crippen LogP contribution in [0.1, 0.15) is 13.3 Å². The Hall–Kier alpha value is -3.22. The predicted octanol–water partition coefficient (Wildman–Crippen LogP) is 2.74. The molecule has 26 heavy (non-hydrogen) atoms. The minimum Gasteiger partial charge on any atom is -0.426 e. The molecule has 1 aliphatic heterocycles. The van der Waals surface area contributed by atoms with Gasteiger partial charge in [0.2, 0.25) is 11.8 Å². The summed E-state index contributed by atoms with van der Waals surface area (Å²) in [4.78, 5) is 36.7. The number of benzene rings is 2. The standard InChI is InChI=1S/C19H17FN2O4/c1-12(23)21-14-6-8-15(9-7-14)26-19(25)13-10-18(24)22(11-13)17-5-3-2-4-16(17)20/h2-9,13H,10-11H2,1H3,(H,21,23). The Morgan fingerprint density at radius 1 is 1.15 bits per heavy atom. The van der Waals surface area contributed by atoms with Gasteiger partial charge in [-0.15, -0.1) is 0 Å². The second-order valence-electron chi connectivity index (χ2n) is 5.98. The molecule has 6 nitrogen and oxygen atoms in total. The highest BCUT2D eigenvalue weighted by Crippen LogP contribution is 2.28. The number of hydrogen-bond donors (Lipinski definition) is 1. The Morgan fingerprint density at radius 3 is 2.50 bits per heavy atom. The number of ether oxygens (including phenoxy) is 1. The Balaban J connectivity index is 1.65. The molecule has 2 aromatic carbocycles. The van der Waals surface area contributed by atoms with Crippen LogP contribution >= 0.6 is 0 Å². The fourth-order valence-corrected chi connectivity index (χ4v) is 2.78. The lowest BCUT2D eigenvalue weighted by Gasteiger charge is -2.17. The van der Waals surface area contributed by atoms with E-state index >= 15 is 0 Å². The Morgan fingerprint density at radius 2 is 1.85 bits per heavy atom. The van der Waals surface area contributed by atoms with Crippen LogP contribution in [0.25, 0.3) is 0 Å². The Bertz CT molecular complexity index is 851. The summed E-state index contributed by atoms with van der Waals surface area (Å²) in [6, 6.07) is 12.3. The zero-order valence-corrected chi connectivity index (χ0v) is 14.1. The summed E-state index contributed by atoms with van der Waals surface area (Å²) >= 11 is 0. The number of nitrogens with one attached hydrogen (secondary N) is 1. The maximum atomic E-state index is 13.9. The maximum absolute atomic E-state index is 13.9. The van der Waals surface area contributed by atoms with Crippen molar-refractivity contribution in [2.45, 2.75) is 13.3 Å². The zero-order chi connectivity index (χ0) is 18.7. The van der Waals surface area contributed by atoms with Crippen LogP contribution in [-0.4, -0.2) is 24.3 Å². The van der Waals surface area contributed by atoms with E-state index in [4.69, 9.17) is 4.74 Å². The molecule has 1 unspecified atom stereocenters. The van der Waals surface area contributed by atoms with Gasteiger partial charge in [0.15, 0.2) is 0 Å². The van der Waals surface area contributed by atoms with E-state index in [1.807, 2.05) is 0 Å². The van der Waals surface area contributed by atoms with Crippen LogP contribution in [0.3, 0.4) is 0 Å². The van der Waals surface area contributed by atoms with Crippen LogP contribution in [-0.2, 0) is 14.4 Å². The van der Waals surface area contributed by atoms with E-state index in [1.54, 1.807) is 30.3 Å². The largest absolute Gasteiger partial charge is 0.426 e. The molecule has 0 spiro atoms. The lowest BCUT2D eigenvalue weighted by Crippen LogP contribution is -2.28. The Kier molecular flexibility index (Phi) is 4.97. The second kappa shape index (κ2) is 7.35. The van der Waals surface area contributed by atoms with Gasteiger partial charge in [0.05, 0.1) is 11.6 Å². The molecule has 1 atom stereocenters. The van der Waals surface area contributed by atoms with Crippen molar-refractivity contribution in [1.82, 2.24) is 0 Å². The van der Waals surface area contributed by atoms with Gasteiger partial charge in [0.25, 0.3) is 0 Å². The SMILES string of the molecule is CC(=O)Nc1ccc(OC(=O)C2CC(=O)N(c3ccccc3F)C2)cc1. The number of carbonyl (C=O) groups excluding carboxylic acids is 3. The molecule has 134 valence electrons. The van der Waals surface area contributed by atoms with E-state index in [1.165, 1.54) is 30.0 Å². The lowest BCUT2D eigenvalue weighted by atomic mass is 10.1. The van der Waals surface area contributed by atoms with Gasteiger partial charge in [-0.05, 0) is 36.4 Å². The first kappa shape index (κ1) is 17.6. The van der Waals surface area contributed by atoms with E-state index in [9.17, 15) is 18.8 Å². The first-order chi connectivity index (χ1) is 12.4. The topological polar surface area (TPSA) is 75.7 Å². The van der Waals surface area contributed by atoms with Crippen LogP contribution in [0.4, 0.5) is 15.8 Å². The molecule has 1 fully saturated rings. The summed E-state index contributed by atoms with van der Waals surface area (Å²) in [6.07, 6.45) is -0.0306. The van der Waals surface area contributed by atoms with Gasteiger partial charge in [-0.25, -0.2) is 4.39 Å². The van der Waals surface area contributed by atoms with Crippen LogP contribution in [0, 0.1) is 11.7 Å².